The Hall–Kier alpha value is -1.41. The standard InChI is InChI=1S/C12H15BrN2O2.C7H6BrI.C5H10N2O2/c1-9-8-10(2-3-11(9)13)15-5-4-14(6-7-16)12(15)17;1-5-4-6(9)2-3-7(5)8;8-4-3-7-2-1-6-5(7)9/h2-3,8,16H,4-7H2,1H3;2-4H,1H3;8H,1-4H2,(H,6,9). The summed E-state index contributed by atoms with van der Waals surface area (Å²) < 4.78 is 3.51. The number of halogens is 3. The quantitative estimate of drug-likeness (QED) is 0.400. The molecule has 2 aliphatic rings. The van der Waals surface area contributed by atoms with Gasteiger partial charge < -0.3 is 25.3 Å². The maximum absolute atomic E-state index is 12.0. The Kier molecular flexibility index (Phi) is 12.8. The van der Waals surface area contributed by atoms with E-state index in [1.165, 1.54) is 13.6 Å². The molecule has 0 atom stereocenters. The van der Waals surface area contributed by atoms with Gasteiger partial charge in [0.15, 0.2) is 0 Å². The number of anilines is 1. The minimum atomic E-state index is -0.0657. The van der Waals surface area contributed by atoms with E-state index in [4.69, 9.17) is 10.2 Å². The van der Waals surface area contributed by atoms with Gasteiger partial charge in [0.25, 0.3) is 0 Å². The van der Waals surface area contributed by atoms with E-state index in [1.807, 2.05) is 25.1 Å². The molecule has 3 N–H and O–H groups in total. The summed E-state index contributed by atoms with van der Waals surface area (Å²) in [6.07, 6.45) is 0. The van der Waals surface area contributed by atoms with E-state index in [9.17, 15) is 9.59 Å². The molecule has 4 rings (SSSR count). The van der Waals surface area contributed by atoms with E-state index in [0.717, 1.165) is 22.3 Å². The number of carbonyl (C=O) groups excluding carboxylic acids is 2. The molecule has 4 amide bonds. The number of nitrogens with zero attached hydrogens (tertiary/aromatic N) is 3. The fraction of sp³-hybridized carbons (Fsp3) is 0.417. The van der Waals surface area contributed by atoms with Gasteiger partial charge in [-0.15, -0.1) is 0 Å². The number of aliphatic hydroxyl groups excluding tert-OH is 2. The highest BCUT2D eigenvalue weighted by Gasteiger charge is 2.29. The van der Waals surface area contributed by atoms with Crippen LogP contribution >= 0.6 is 54.5 Å². The third-order valence-corrected chi connectivity index (χ3v) is 7.80. The van der Waals surface area contributed by atoms with Gasteiger partial charge in [0.1, 0.15) is 0 Å². The molecule has 2 aliphatic heterocycles. The predicted molar refractivity (Wildman–Crippen MR) is 154 cm³/mol. The van der Waals surface area contributed by atoms with Crippen LogP contribution < -0.4 is 10.2 Å². The monoisotopic (exact) mass is 724 g/mol. The number of β-amino-alcohol motifs (C(OH)–C–C–N with tert-alkyl or cyclic N) is 2. The molecule has 0 saturated carbocycles. The van der Waals surface area contributed by atoms with Gasteiger partial charge in [-0.3, -0.25) is 4.90 Å². The average molecular weight is 726 g/mol. The maximum atomic E-state index is 12.0. The molecule has 0 spiro atoms. The highest BCUT2D eigenvalue weighted by molar-refractivity contribution is 14.1. The Morgan fingerprint density at radius 3 is 2.00 bits per heavy atom. The van der Waals surface area contributed by atoms with Crippen LogP contribution in [0.15, 0.2) is 45.3 Å². The molecule has 2 fully saturated rings. The van der Waals surface area contributed by atoms with Crippen molar-refractivity contribution in [2.24, 2.45) is 0 Å². The second-order valence-corrected chi connectivity index (χ2v) is 10.9. The van der Waals surface area contributed by atoms with E-state index in [1.54, 1.807) is 14.7 Å². The van der Waals surface area contributed by atoms with E-state index in [-0.39, 0.29) is 25.3 Å². The molecular weight excluding hydrogens is 695 g/mol. The van der Waals surface area contributed by atoms with Crippen LogP contribution in [0.1, 0.15) is 11.1 Å². The number of hydrogen-bond acceptors (Lipinski definition) is 4. The molecule has 2 aromatic rings. The van der Waals surface area contributed by atoms with Crippen molar-refractivity contribution in [2.45, 2.75) is 13.8 Å². The fourth-order valence-electron chi connectivity index (χ4n) is 3.40. The van der Waals surface area contributed by atoms with Crippen LogP contribution in [-0.4, -0.2) is 84.6 Å². The summed E-state index contributed by atoms with van der Waals surface area (Å²) in [5, 5.41) is 19.9. The molecular formula is C24H31Br2IN4O4. The van der Waals surface area contributed by atoms with E-state index in [0.29, 0.717) is 32.7 Å². The number of aliphatic hydroxyl groups is 2. The van der Waals surface area contributed by atoms with Crippen molar-refractivity contribution in [2.75, 3.05) is 57.4 Å². The van der Waals surface area contributed by atoms with Crippen LogP contribution in [-0.2, 0) is 0 Å². The zero-order valence-electron chi connectivity index (χ0n) is 19.8. The number of hydrogen-bond donors (Lipinski definition) is 3. The summed E-state index contributed by atoms with van der Waals surface area (Å²) in [6.45, 7) is 7.79. The molecule has 0 aromatic heterocycles. The number of aryl methyl sites for hydroxylation is 2. The Balaban J connectivity index is 0.000000203. The zero-order valence-corrected chi connectivity index (χ0v) is 25.1. The van der Waals surface area contributed by atoms with Crippen LogP contribution in [0.25, 0.3) is 0 Å². The van der Waals surface area contributed by atoms with Gasteiger partial charge in [-0.05, 0) is 84.0 Å². The fourth-order valence-corrected chi connectivity index (χ4v) is 4.54. The third kappa shape index (κ3) is 9.19. The van der Waals surface area contributed by atoms with Crippen molar-refractivity contribution < 1.29 is 19.8 Å². The van der Waals surface area contributed by atoms with Crippen molar-refractivity contribution in [1.82, 2.24) is 15.1 Å². The van der Waals surface area contributed by atoms with Gasteiger partial charge >= 0.3 is 12.1 Å². The first kappa shape index (κ1) is 29.8. The lowest BCUT2D eigenvalue weighted by Gasteiger charge is -2.18. The molecule has 0 aliphatic carbocycles. The van der Waals surface area contributed by atoms with E-state index >= 15 is 0 Å². The van der Waals surface area contributed by atoms with Crippen LogP contribution in [0.3, 0.4) is 0 Å². The minimum absolute atomic E-state index is 0.0128. The summed E-state index contributed by atoms with van der Waals surface area (Å²) in [5.41, 5.74) is 3.31. The SMILES string of the molecule is Cc1cc(I)ccc1Br.Cc1cc(N2CCN(CCO)C2=O)ccc1Br.O=C1NCCN1CCO. The smallest absolute Gasteiger partial charge is 0.324 e. The number of amides is 4. The molecule has 2 heterocycles. The zero-order chi connectivity index (χ0) is 26.0. The largest absolute Gasteiger partial charge is 0.395 e. The van der Waals surface area contributed by atoms with Crippen LogP contribution in [0.2, 0.25) is 0 Å². The Morgan fingerprint density at radius 2 is 1.49 bits per heavy atom. The number of nitrogens with one attached hydrogen (secondary N) is 1. The predicted octanol–water partition coefficient (Wildman–Crippen LogP) is 4.36. The molecule has 192 valence electrons. The second-order valence-electron chi connectivity index (χ2n) is 7.91. The highest BCUT2D eigenvalue weighted by atomic mass is 127. The van der Waals surface area contributed by atoms with E-state index in [2.05, 4.69) is 84.9 Å². The van der Waals surface area contributed by atoms with Crippen LogP contribution in [0, 0.1) is 17.4 Å². The average Bonchev–Trinajstić information content (AvgIpc) is 3.40. The van der Waals surface area contributed by atoms with E-state index < -0.39 is 0 Å². The number of carbonyl (C=O) groups is 2. The topological polar surface area (TPSA) is 96.3 Å². The summed E-state index contributed by atoms with van der Waals surface area (Å²) in [4.78, 5) is 27.7. The maximum Gasteiger partial charge on any atom is 0.324 e. The third-order valence-electron chi connectivity index (χ3n) is 5.35. The molecule has 8 nitrogen and oxygen atoms in total. The lowest BCUT2D eigenvalue weighted by atomic mass is 10.2. The molecule has 11 heteroatoms. The Labute approximate surface area is 237 Å². The van der Waals surface area contributed by atoms with Crippen LogP contribution in [0.5, 0.6) is 0 Å². The highest BCUT2D eigenvalue weighted by Crippen LogP contribution is 2.25. The molecule has 0 radical (unpaired) electrons. The molecule has 35 heavy (non-hydrogen) atoms. The van der Waals surface area contributed by atoms with Crippen molar-refractivity contribution in [3.8, 4) is 0 Å². The van der Waals surface area contributed by atoms with Gasteiger partial charge in [0.2, 0.25) is 0 Å². The number of rotatable bonds is 5. The van der Waals surface area contributed by atoms with Crippen molar-refractivity contribution in [3.63, 3.8) is 0 Å². The Morgan fingerprint density at radius 1 is 0.886 bits per heavy atom. The van der Waals surface area contributed by atoms with Crippen molar-refractivity contribution in [1.29, 1.82) is 0 Å². The molecule has 2 aromatic carbocycles. The summed E-state index contributed by atoms with van der Waals surface area (Å²) >= 11 is 9.17. The van der Waals surface area contributed by atoms with Gasteiger partial charge in [-0.2, -0.15) is 0 Å². The van der Waals surface area contributed by atoms with Gasteiger partial charge in [0, 0.05) is 57.5 Å². The number of urea groups is 2. The van der Waals surface area contributed by atoms with Crippen molar-refractivity contribution in [3.05, 3.63) is 60.0 Å². The lowest BCUT2D eigenvalue weighted by molar-refractivity contribution is 0.197. The molecule has 2 saturated heterocycles. The first-order valence-electron chi connectivity index (χ1n) is 11.2. The first-order chi connectivity index (χ1) is 16.7. The Bertz CT molecular complexity index is 1010. The van der Waals surface area contributed by atoms with Gasteiger partial charge in [0.05, 0.1) is 13.2 Å². The summed E-state index contributed by atoms with van der Waals surface area (Å²) in [7, 11) is 0. The van der Waals surface area contributed by atoms with Crippen molar-refractivity contribution >= 4 is 72.2 Å². The molecule has 0 bridgehead atoms. The van der Waals surface area contributed by atoms with Gasteiger partial charge in [-0.25, -0.2) is 9.59 Å². The summed E-state index contributed by atoms with van der Waals surface area (Å²) in [6, 6.07) is 12.1. The summed E-state index contributed by atoms with van der Waals surface area (Å²) in [5.74, 6) is 0. The number of benzene rings is 2. The minimum Gasteiger partial charge on any atom is -0.395 e. The normalized spacial score (nSPS) is 14.9. The van der Waals surface area contributed by atoms with Gasteiger partial charge in [-0.1, -0.05) is 31.9 Å². The second kappa shape index (κ2) is 15.0. The first-order valence-corrected chi connectivity index (χ1v) is 13.8. The van der Waals surface area contributed by atoms with Crippen LogP contribution in [0.4, 0.5) is 15.3 Å². The lowest BCUT2D eigenvalue weighted by Crippen LogP contribution is -2.33. The molecule has 0 unspecified atom stereocenters.